The number of phenols is 1. The first-order chi connectivity index (χ1) is 9.33. The second-order valence-electron chi connectivity index (χ2n) is 4.83. The summed E-state index contributed by atoms with van der Waals surface area (Å²) < 4.78 is 0. The van der Waals surface area contributed by atoms with Gasteiger partial charge in [0.25, 0.3) is 0 Å². The molecule has 3 nitrogen and oxygen atoms in total. The Bertz CT molecular complexity index is 516. The van der Waals surface area contributed by atoms with Gasteiger partial charge in [0, 0.05) is 37.6 Å². The standard InChI is InChI=1S/C16H18N2O/c19-16-8-6-15(7-9-16)18-12-10-17(11-13-18)14-4-2-1-3-5-14/h1-9,19H,10-13H2. The van der Waals surface area contributed by atoms with Crippen LogP contribution >= 0.6 is 0 Å². The molecule has 0 atom stereocenters. The lowest BCUT2D eigenvalue weighted by atomic mass is 10.2. The molecule has 1 saturated heterocycles. The van der Waals surface area contributed by atoms with Crippen molar-refractivity contribution in [2.75, 3.05) is 36.0 Å². The maximum absolute atomic E-state index is 9.32. The molecule has 1 aliphatic rings. The highest BCUT2D eigenvalue weighted by atomic mass is 16.3. The van der Waals surface area contributed by atoms with Crippen molar-refractivity contribution < 1.29 is 5.11 Å². The van der Waals surface area contributed by atoms with Crippen LogP contribution in [0.2, 0.25) is 0 Å². The van der Waals surface area contributed by atoms with Gasteiger partial charge >= 0.3 is 0 Å². The molecule has 0 bridgehead atoms. The van der Waals surface area contributed by atoms with Crippen molar-refractivity contribution in [3.8, 4) is 5.75 Å². The molecule has 3 rings (SSSR count). The van der Waals surface area contributed by atoms with E-state index in [0.29, 0.717) is 5.75 Å². The quantitative estimate of drug-likeness (QED) is 0.892. The summed E-state index contributed by atoms with van der Waals surface area (Å²) in [6.45, 7) is 4.09. The molecule has 1 aliphatic heterocycles. The van der Waals surface area contributed by atoms with E-state index in [1.807, 2.05) is 12.1 Å². The van der Waals surface area contributed by atoms with Crippen molar-refractivity contribution in [3.05, 3.63) is 54.6 Å². The highest BCUT2D eigenvalue weighted by molar-refractivity contribution is 5.52. The fourth-order valence-electron chi connectivity index (χ4n) is 2.53. The average molecular weight is 254 g/mol. The first-order valence-electron chi connectivity index (χ1n) is 6.67. The van der Waals surface area contributed by atoms with Crippen molar-refractivity contribution in [1.82, 2.24) is 0 Å². The van der Waals surface area contributed by atoms with Crippen LogP contribution in [0.3, 0.4) is 0 Å². The van der Waals surface area contributed by atoms with E-state index in [0.717, 1.165) is 26.2 Å². The SMILES string of the molecule is Oc1ccc(N2CCN(c3ccccc3)CC2)cc1. The molecular weight excluding hydrogens is 236 g/mol. The topological polar surface area (TPSA) is 26.7 Å². The highest BCUT2D eigenvalue weighted by Crippen LogP contribution is 2.22. The van der Waals surface area contributed by atoms with Crippen LogP contribution in [-0.2, 0) is 0 Å². The normalized spacial score (nSPS) is 15.6. The molecule has 2 aromatic rings. The predicted molar refractivity (Wildman–Crippen MR) is 79.0 cm³/mol. The van der Waals surface area contributed by atoms with E-state index in [1.54, 1.807) is 12.1 Å². The van der Waals surface area contributed by atoms with Gasteiger partial charge in [-0.1, -0.05) is 18.2 Å². The summed E-state index contributed by atoms with van der Waals surface area (Å²) in [5.74, 6) is 0.326. The van der Waals surface area contributed by atoms with E-state index < -0.39 is 0 Å². The molecular formula is C16H18N2O. The Morgan fingerprint density at radius 1 is 0.632 bits per heavy atom. The smallest absolute Gasteiger partial charge is 0.115 e. The molecule has 0 aliphatic carbocycles. The highest BCUT2D eigenvalue weighted by Gasteiger charge is 2.17. The molecule has 1 heterocycles. The fourth-order valence-corrected chi connectivity index (χ4v) is 2.53. The molecule has 0 aromatic heterocycles. The Balaban J connectivity index is 1.65. The van der Waals surface area contributed by atoms with E-state index in [2.05, 4.69) is 40.1 Å². The second-order valence-corrected chi connectivity index (χ2v) is 4.83. The Kier molecular flexibility index (Phi) is 3.27. The molecule has 0 amide bonds. The lowest BCUT2D eigenvalue weighted by molar-refractivity contribution is 0.475. The van der Waals surface area contributed by atoms with Crippen LogP contribution in [0.4, 0.5) is 11.4 Å². The maximum atomic E-state index is 9.32. The van der Waals surface area contributed by atoms with Crippen LogP contribution in [-0.4, -0.2) is 31.3 Å². The van der Waals surface area contributed by atoms with Crippen molar-refractivity contribution in [2.45, 2.75) is 0 Å². The van der Waals surface area contributed by atoms with Gasteiger partial charge in [0.05, 0.1) is 0 Å². The first-order valence-corrected chi connectivity index (χ1v) is 6.67. The number of hydrogen-bond acceptors (Lipinski definition) is 3. The average Bonchev–Trinajstić information content (AvgIpc) is 2.49. The Labute approximate surface area is 113 Å². The lowest BCUT2D eigenvalue weighted by Crippen LogP contribution is -2.46. The summed E-state index contributed by atoms with van der Waals surface area (Å²) >= 11 is 0. The number of hydrogen-bond donors (Lipinski definition) is 1. The Morgan fingerprint density at radius 3 is 1.63 bits per heavy atom. The van der Waals surface area contributed by atoms with Gasteiger partial charge < -0.3 is 14.9 Å². The van der Waals surface area contributed by atoms with Gasteiger partial charge in [-0.05, 0) is 36.4 Å². The van der Waals surface area contributed by atoms with Crippen LogP contribution in [0.15, 0.2) is 54.6 Å². The molecule has 0 unspecified atom stereocenters. The summed E-state index contributed by atoms with van der Waals surface area (Å²) in [6.07, 6.45) is 0. The first kappa shape index (κ1) is 11.9. The Morgan fingerprint density at radius 2 is 1.11 bits per heavy atom. The van der Waals surface area contributed by atoms with E-state index in [-0.39, 0.29) is 0 Å². The molecule has 19 heavy (non-hydrogen) atoms. The second kappa shape index (κ2) is 5.22. The third-order valence-electron chi connectivity index (χ3n) is 3.62. The van der Waals surface area contributed by atoms with Gasteiger partial charge in [-0.2, -0.15) is 0 Å². The van der Waals surface area contributed by atoms with Crippen molar-refractivity contribution in [2.24, 2.45) is 0 Å². The minimum absolute atomic E-state index is 0.326. The molecule has 98 valence electrons. The number of benzene rings is 2. The van der Waals surface area contributed by atoms with E-state index in [1.165, 1.54) is 11.4 Å². The number of piperazine rings is 1. The zero-order chi connectivity index (χ0) is 13.1. The minimum Gasteiger partial charge on any atom is -0.508 e. The number of anilines is 2. The van der Waals surface area contributed by atoms with Crippen LogP contribution in [0.1, 0.15) is 0 Å². The zero-order valence-corrected chi connectivity index (χ0v) is 10.9. The van der Waals surface area contributed by atoms with Crippen LogP contribution in [0.5, 0.6) is 5.75 Å². The molecule has 1 N–H and O–H groups in total. The number of phenolic OH excluding ortho intramolecular Hbond substituents is 1. The van der Waals surface area contributed by atoms with Gasteiger partial charge in [0.2, 0.25) is 0 Å². The molecule has 0 radical (unpaired) electrons. The Hall–Kier alpha value is -2.16. The minimum atomic E-state index is 0.326. The summed E-state index contributed by atoms with van der Waals surface area (Å²) in [6, 6.07) is 18.0. The van der Waals surface area contributed by atoms with Crippen molar-refractivity contribution in [3.63, 3.8) is 0 Å². The van der Waals surface area contributed by atoms with Gasteiger partial charge in [0.1, 0.15) is 5.75 Å². The summed E-state index contributed by atoms with van der Waals surface area (Å²) in [5, 5.41) is 9.32. The number of aromatic hydroxyl groups is 1. The van der Waals surface area contributed by atoms with E-state index in [9.17, 15) is 5.11 Å². The van der Waals surface area contributed by atoms with Crippen molar-refractivity contribution in [1.29, 1.82) is 0 Å². The summed E-state index contributed by atoms with van der Waals surface area (Å²) in [5.41, 5.74) is 2.48. The third kappa shape index (κ3) is 2.65. The van der Waals surface area contributed by atoms with Gasteiger partial charge in [-0.15, -0.1) is 0 Å². The van der Waals surface area contributed by atoms with Crippen LogP contribution < -0.4 is 9.80 Å². The lowest BCUT2D eigenvalue weighted by Gasteiger charge is -2.37. The molecule has 1 fully saturated rings. The van der Waals surface area contributed by atoms with Gasteiger partial charge in [-0.25, -0.2) is 0 Å². The summed E-state index contributed by atoms with van der Waals surface area (Å²) in [7, 11) is 0. The van der Waals surface area contributed by atoms with Crippen molar-refractivity contribution >= 4 is 11.4 Å². The van der Waals surface area contributed by atoms with Gasteiger partial charge in [-0.3, -0.25) is 0 Å². The molecule has 0 saturated carbocycles. The van der Waals surface area contributed by atoms with E-state index >= 15 is 0 Å². The maximum Gasteiger partial charge on any atom is 0.115 e. The molecule has 0 spiro atoms. The molecule has 2 aromatic carbocycles. The van der Waals surface area contributed by atoms with Crippen LogP contribution in [0.25, 0.3) is 0 Å². The predicted octanol–water partition coefficient (Wildman–Crippen LogP) is 2.72. The van der Waals surface area contributed by atoms with Crippen LogP contribution in [0, 0.1) is 0 Å². The third-order valence-corrected chi connectivity index (χ3v) is 3.62. The number of rotatable bonds is 2. The summed E-state index contributed by atoms with van der Waals surface area (Å²) in [4.78, 5) is 4.77. The zero-order valence-electron chi connectivity index (χ0n) is 10.9. The van der Waals surface area contributed by atoms with E-state index in [4.69, 9.17) is 0 Å². The largest absolute Gasteiger partial charge is 0.508 e. The number of nitrogens with zero attached hydrogens (tertiary/aromatic N) is 2. The molecule has 3 heteroatoms. The fraction of sp³-hybridized carbons (Fsp3) is 0.250. The number of para-hydroxylation sites is 1. The van der Waals surface area contributed by atoms with Gasteiger partial charge in [0.15, 0.2) is 0 Å². The monoisotopic (exact) mass is 254 g/mol.